The van der Waals surface area contributed by atoms with Gasteiger partial charge in [0.2, 0.25) is 11.9 Å². The number of nitrogens with one attached hydrogen (secondary N) is 1. The van der Waals surface area contributed by atoms with Gasteiger partial charge in [0.15, 0.2) is 0 Å². The number of anilines is 1. The Morgan fingerprint density at radius 1 is 1.47 bits per heavy atom. The standard InChI is InChI=1S/C10H14N4O/c1-7-5-12-10(13-6-7)14(2)8-3-4-11-9(8)15/h5-6,8H,3-4H2,1-2H3,(H,11,15). The van der Waals surface area contributed by atoms with E-state index in [1.165, 1.54) is 0 Å². The lowest BCUT2D eigenvalue weighted by Crippen LogP contribution is -2.38. The molecule has 2 heterocycles. The van der Waals surface area contributed by atoms with Gasteiger partial charge in [-0.3, -0.25) is 4.79 Å². The maximum atomic E-state index is 11.4. The van der Waals surface area contributed by atoms with E-state index in [1.807, 2.05) is 18.9 Å². The molecular formula is C10H14N4O. The van der Waals surface area contributed by atoms with Crippen LogP contribution in [0.4, 0.5) is 5.95 Å². The van der Waals surface area contributed by atoms with Gasteiger partial charge in [-0.05, 0) is 18.9 Å². The van der Waals surface area contributed by atoms with Crippen molar-refractivity contribution in [1.82, 2.24) is 15.3 Å². The molecule has 1 amide bonds. The molecule has 0 aliphatic carbocycles. The largest absolute Gasteiger partial charge is 0.354 e. The Morgan fingerprint density at radius 2 is 2.13 bits per heavy atom. The molecule has 2 rings (SSSR count). The minimum Gasteiger partial charge on any atom is -0.354 e. The summed E-state index contributed by atoms with van der Waals surface area (Å²) in [5.74, 6) is 0.657. The van der Waals surface area contributed by atoms with Crippen LogP contribution in [-0.2, 0) is 4.79 Å². The molecule has 0 bridgehead atoms. The Balaban J connectivity index is 2.16. The highest BCUT2D eigenvalue weighted by Gasteiger charge is 2.29. The summed E-state index contributed by atoms with van der Waals surface area (Å²) in [6, 6.07) is -0.132. The lowest BCUT2D eigenvalue weighted by atomic mass is 10.2. The average molecular weight is 206 g/mol. The molecule has 1 atom stereocenters. The summed E-state index contributed by atoms with van der Waals surface area (Å²) in [6.45, 7) is 2.67. The van der Waals surface area contributed by atoms with Crippen molar-refractivity contribution in [3.63, 3.8) is 0 Å². The first kappa shape index (κ1) is 9.89. The van der Waals surface area contributed by atoms with Crippen molar-refractivity contribution >= 4 is 11.9 Å². The zero-order valence-electron chi connectivity index (χ0n) is 8.90. The molecule has 1 aromatic rings. The van der Waals surface area contributed by atoms with Crippen molar-refractivity contribution in [2.45, 2.75) is 19.4 Å². The summed E-state index contributed by atoms with van der Waals surface area (Å²) >= 11 is 0. The van der Waals surface area contributed by atoms with Crippen molar-refractivity contribution < 1.29 is 4.79 Å². The molecule has 0 radical (unpaired) electrons. The molecule has 5 nitrogen and oxygen atoms in total. The Labute approximate surface area is 88.5 Å². The second-order valence-corrected chi connectivity index (χ2v) is 3.77. The maximum absolute atomic E-state index is 11.4. The molecular weight excluding hydrogens is 192 g/mol. The molecule has 1 unspecified atom stereocenters. The first-order valence-corrected chi connectivity index (χ1v) is 4.97. The van der Waals surface area contributed by atoms with Crippen LogP contribution in [0.3, 0.4) is 0 Å². The predicted octanol–water partition coefficient (Wildman–Crippen LogP) is 0.110. The van der Waals surface area contributed by atoms with Gasteiger partial charge in [0.25, 0.3) is 0 Å². The van der Waals surface area contributed by atoms with E-state index in [4.69, 9.17) is 0 Å². The second-order valence-electron chi connectivity index (χ2n) is 3.77. The Hall–Kier alpha value is -1.65. The third kappa shape index (κ3) is 1.91. The maximum Gasteiger partial charge on any atom is 0.242 e. The monoisotopic (exact) mass is 206 g/mol. The number of carbonyl (C=O) groups is 1. The van der Waals surface area contributed by atoms with Crippen LogP contribution in [0.15, 0.2) is 12.4 Å². The molecule has 1 aliphatic rings. The van der Waals surface area contributed by atoms with E-state index in [2.05, 4.69) is 15.3 Å². The van der Waals surface area contributed by atoms with Crippen LogP contribution in [0.25, 0.3) is 0 Å². The molecule has 1 saturated heterocycles. The van der Waals surface area contributed by atoms with Gasteiger partial charge in [0, 0.05) is 26.0 Å². The summed E-state index contributed by atoms with van der Waals surface area (Å²) in [6.07, 6.45) is 4.32. The fraction of sp³-hybridized carbons (Fsp3) is 0.500. The smallest absolute Gasteiger partial charge is 0.242 e. The summed E-state index contributed by atoms with van der Waals surface area (Å²) in [7, 11) is 1.85. The van der Waals surface area contributed by atoms with Crippen molar-refractivity contribution in [2.24, 2.45) is 0 Å². The van der Waals surface area contributed by atoms with Crippen LogP contribution in [0.2, 0.25) is 0 Å². The van der Waals surface area contributed by atoms with Crippen molar-refractivity contribution in [3.05, 3.63) is 18.0 Å². The molecule has 5 heteroatoms. The second kappa shape index (κ2) is 3.84. The predicted molar refractivity (Wildman–Crippen MR) is 56.6 cm³/mol. The van der Waals surface area contributed by atoms with Gasteiger partial charge in [-0.25, -0.2) is 9.97 Å². The number of aryl methyl sites for hydroxylation is 1. The molecule has 1 aromatic heterocycles. The van der Waals surface area contributed by atoms with Crippen LogP contribution in [-0.4, -0.2) is 35.5 Å². The number of aromatic nitrogens is 2. The number of rotatable bonds is 2. The lowest BCUT2D eigenvalue weighted by Gasteiger charge is -2.21. The van der Waals surface area contributed by atoms with Crippen LogP contribution in [0.5, 0.6) is 0 Å². The highest BCUT2D eigenvalue weighted by atomic mass is 16.2. The van der Waals surface area contributed by atoms with Gasteiger partial charge >= 0.3 is 0 Å². The molecule has 0 spiro atoms. The van der Waals surface area contributed by atoms with Crippen molar-refractivity contribution in [3.8, 4) is 0 Å². The number of likely N-dealkylation sites (N-methyl/N-ethyl adjacent to an activating group) is 1. The summed E-state index contributed by atoms with van der Waals surface area (Å²) in [5.41, 5.74) is 1.02. The SMILES string of the molecule is Cc1cnc(N(C)C2CCNC2=O)nc1. The molecule has 0 aromatic carbocycles. The Morgan fingerprint density at radius 3 is 2.67 bits per heavy atom. The van der Waals surface area contributed by atoms with Crippen molar-refractivity contribution in [1.29, 1.82) is 0 Å². The normalized spacial score (nSPS) is 20.1. The molecule has 1 N–H and O–H groups in total. The number of hydrogen-bond donors (Lipinski definition) is 1. The summed E-state index contributed by atoms with van der Waals surface area (Å²) in [4.78, 5) is 21.7. The molecule has 0 saturated carbocycles. The van der Waals surface area contributed by atoms with E-state index in [0.717, 1.165) is 18.5 Å². The number of carbonyl (C=O) groups excluding carboxylic acids is 1. The first-order valence-electron chi connectivity index (χ1n) is 4.97. The van der Waals surface area contributed by atoms with Crippen LogP contribution < -0.4 is 10.2 Å². The molecule has 80 valence electrons. The van der Waals surface area contributed by atoms with E-state index < -0.39 is 0 Å². The highest BCUT2D eigenvalue weighted by molar-refractivity contribution is 5.86. The van der Waals surface area contributed by atoms with E-state index in [-0.39, 0.29) is 11.9 Å². The van der Waals surface area contributed by atoms with E-state index in [9.17, 15) is 4.79 Å². The molecule has 1 aliphatic heterocycles. The fourth-order valence-electron chi connectivity index (χ4n) is 1.66. The number of hydrogen-bond acceptors (Lipinski definition) is 4. The topological polar surface area (TPSA) is 58.1 Å². The fourth-order valence-corrected chi connectivity index (χ4v) is 1.66. The van der Waals surface area contributed by atoms with Gasteiger partial charge < -0.3 is 10.2 Å². The van der Waals surface area contributed by atoms with Gasteiger partial charge in [-0.2, -0.15) is 0 Å². The minimum atomic E-state index is -0.132. The average Bonchev–Trinajstić information content (AvgIpc) is 2.65. The molecule has 15 heavy (non-hydrogen) atoms. The Bertz CT molecular complexity index is 362. The van der Waals surface area contributed by atoms with Crippen LogP contribution >= 0.6 is 0 Å². The van der Waals surface area contributed by atoms with E-state index in [0.29, 0.717) is 5.95 Å². The zero-order valence-corrected chi connectivity index (χ0v) is 8.90. The van der Waals surface area contributed by atoms with Crippen LogP contribution in [0.1, 0.15) is 12.0 Å². The van der Waals surface area contributed by atoms with Gasteiger partial charge in [-0.15, -0.1) is 0 Å². The van der Waals surface area contributed by atoms with E-state index >= 15 is 0 Å². The quantitative estimate of drug-likeness (QED) is 0.746. The number of nitrogens with zero attached hydrogens (tertiary/aromatic N) is 3. The third-order valence-electron chi connectivity index (χ3n) is 2.57. The van der Waals surface area contributed by atoms with E-state index in [1.54, 1.807) is 12.4 Å². The lowest BCUT2D eigenvalue weighted by molar-refractivity contribution is -0.120. The first-order chi connectivity index (χ1) is 7.18. The van der Waals surface area contributed by atoms with Gasteiger partial charge in [0.1, 0.15) is 6.04 Å². The van der Waals surface area contributed by atoms with Crippen molar-refractivity contribution in [2.75, 3.05) is 18.5 Å². The summed E-state index contributed by atoms with van der Waals surface area (Å²) in [5, 5.41) is 2.80. The number of amides is 1. The Kier molecular flexibility index (Phi) is 2.53. The minimum absolute atomic E-state index is 0.0571. The van der Waals surface area contributed by atoms with Gasteiger partial charge in [0.05, 0.1) is 0 Å². The highest BCUT2D eigenvalue weighted by Crippen LogP contribution is 2.13. The van der Waals surface area contributed by atoms with Gasteiger partial charge in [-0.1, -0.05) is 0 Å². The summed E-state index contributed by atoms with van der Waals surface area (Å²) < 4.78 is 0. The molecule has 1 fully saturated rings. The van der Waals surface area contributed by atoms with Crippen LogP contribution in [0, 0.1) is 6.92 Å². The third-order valence-corrected chi connectivity index (χ3v) is 2.57. The zero-order chi connectivity index (χ0) is 10.8.